The van der Waals surface area contributed by atoms with E-state index >= 15 is 0 Å². The van der Waals surface area contributed by atoms with E-state index < -0.39 is 0 Å². The van der Waals surface area contributed by atoms with Gasteiger partial charge in [-0.3, -0.25) is 0 Å². The molecule has 1 aliphatic heterocycles. The van der Waals surface area contributed by atoms with Crippen molar-refractivity contribution in [2.24, 2.45) is 0 Å². The Morgan fingerprint density at radius 1 is 1.18 bits per heavy atom. The van der Waals surface area contributed by atoms with Crippen LogP contribution >= 0.6 is 22.9 Å². The van der Waals surface area contributed by atoms with Crippen LogP contribution in [0, 0.1) is 0 Å². The highest BCUT2D eigenvalue weighted by Gasteiger charge is 2.25. The van der Waals surface area contributed by atoms with Crippen molar-refractivity contribution in [3.63, 3.8) is 0 Å². The first-order valence-corrected chi connectivity index (χ1v) is 10.0. The number of aromatic nitrogens is 3. The van der Waals surface area contributed by atoms with Crippen LogP contribution in [0.1, 0.15) is 0 Å². The van der Waals surface area contributed by atoms with Crippen LogP contribution in [0.25, 0.3) is 10.7 Å². The van der Waals surface area contributed by atoms with E-state index in [0.29, 0.717) is 16.0 Å². The number of anilines is 3. The SMILES string of the molecule is CN1CCN(c2ccc(Nc3cccc(-c4ncc(Cl)s4)n3)nc2)C(C=O)C1. The molecule has 3 aromatic rings. The van der Waals surface area contributed by atoms with Crippen molar-refractivity contribution in [3.05, 3.63) is 47.1 Å². The molecule has 144 valence electrons. The maximum atomic E-state index is 11.4. The van der Waals surface area contributed by atoms with Gasteiger partial charge in [0.2, 0.25) is 0 Å². The topological polar surface area (TPSA) is 74.2 Å². The van der Waals surface area contributed by atoms with Gasteiger partial charge in [-0.1, -0.05) is 17.7 Å². The molecule has 4 rings (SSSR count). The molecule has 3 aromatic heterocycles. The van der Waals surface area contributed by atoms with Crippen molar-refractivity contribution < 1.29 is 4.79 Å². The van der Waals surface area contributed by atoms with E-state index in [2.05, 4.69) is 30.1 Å². The van der Waals surface area contributed by atoms with Gasteiger partial charge in [0.25, 0.3) is 0 Å². The van der Waals surface area contributed by atoms with Crippen LogP contribution in [0.3, 0.4) is 0 Å². The minimum absolute atomic E-state index is 0.150. The lowest BCUT2D eigenvalue weighted by molar-refractivity contribution is -0.109. The molecule has 28 heavy (non-hydrogen) atoms. The van der Waals surface area contributed by atoms with Gasteiger partial charge in [-0.25, -0.2) is 15.0 Å². The van der Waals surface area contributed by atoms with Gasteiger partial charge < -0.3 is 19.9 Å². The van der Waals surface area contributed by atoms with E-state index in [1.54, 1.807) is 12.4 Å². The van der Waals surface area contributed by atoms with Crippen molar-refractivity contribution in [1.82, 2.24) is 19.9 Å². The molecule has 1 saturated heterocycles. The zero-order valence-electron chi connectivity index (χ0n) is 15.2. The van der Waals surface area contributed by atoms with Gasteiger partial charge in [0.05, 0.1) is 24.1 Å². The number of pyridine rings is 2. The van der Waals surface area contributed by atoms with Gasteiger partial charge in [-0.2, -0.15) is 0 Å². The average Bonchev–Trinajstić information content (AvgIpc) is 3.15. The molecule has 0 radical (unpaired) electrons. The predicted octanol–water partition coefficient (Wildman–Crippen LogP) is 3.32. The Morgan fingerprint density at radius 3 is 2.79 bits per heavy atom. The summed E-state index contributed by atoms with van der Waals surface area (Å²) in [6.07, 6.45) is 4.41. The molecule has 4 heterocycles. The Balaban J connectivity index is 1.48. The number of likely N-dealkylation sites (N-methyl/N-ethyl adjacent to an activating group) is 1. The molecule has 1 unspecified atom stereocenters. The third-order valence-corrected chi connectivity index (χ3v) is 5.70. The number of nitrogens with one attached hydrogen (secondary N) is 1. The number of carbonyl (C=O) groups excluding carboxylic acids is 1. The van der Waals surface area contributed by atoms with Crippen molar-refractivity contribution in [2.75, 3.05) is 36.9 Å². The third kappa shape index (κ3) is 4.14. The number of nitrogens with zero attached hydrogens (tertiary/aromatic N) is 5. The maximum absolute atomic E-state index is 11.4. The highest BCUT2D eigenvalue weighted by molar-refractivity contribution is 7.18. The highest BCUT2D eigenvalue weighted by atomic mass is 35.5. The number of piperazine rings is 1. The number of halogens is 1. The summed E-state index contributed by atoms with van der Waals surface area (Å²) in [4.78, 5) is 29.0. The van der Waals surface area contributed by atoms with Crippen molar-refractivity contribution in [1.29, 1.82) is 0 Å². The number of hydrogen-bond acceptors (Lipinski definition) is 8. The Bertz CT molecular complexity index is 963. The van der Waals surface area contributed by atoms with Crippen LogP contribution < -0.4 is 10.2 Å². The molecule has 0 aromatic carbocycles. The largest absolute Gasteiger partial charge is 0.358 e. The number of hydrogen-bond donors (Lipinski definition) is 1. The average molecular weight is 415 g/mol. The summed E-state index contributed by atoms with van der Waals surface area (Å²) in [5, 5.41) is 3.98. The van der Waals surface area contributed by atoms with Gasteiger partial charge in [-0.15, -0.1) is 11.3 Å². The second-order valence-corrected chi connectivity index (χ2v) is 8.23. The fraction of sp³-hybridized carbons (Fsp3) is 0.263. The van der Waals surface area contributed by atoms with E-state index in [4.69, 9.17) is 11.6 Å². The number of rotatable bonds is 5. The van der Waals surface area contributed by atoms with Gasteiger partial charge in [0.1, 0.15) is 33.0 Å². The zero-order chi connectivity index (χ0) is 19.5. The minimum atomic E-state index is -0.150. The summed E-state index contributed by atoms with van der Waals surface area (Å²) in [6.45, 7) is 2.44. The Kier molecular flexibility index (Phi) is 5.52. The smallest absolute Gasteiger partial charge is 0.143 e. The maximum Gasteiger partial charge on any atom is 0.143 e. The highest BCUT2D eigenvalue weighted by Crippen LogP contribution is 2.28. The van der Waals surface area contributed by atoms with E-state index in [0.717, 1.165) is 42.3 Å². The van der Waals surface area contributed by atoms with Crippen LogP contribution in [0.15, 0.2) is 42.7 Å². The van der Waals surface area contributed by atoms with Crippen LogP contribution in [0.2, 0.25) is 4.34 Å². The molecule has 1 aliphatic rings. The minimum Gasteiger partial charge on any atom is -0.358 e. The lowest BCUT2D eigenvalue weighted by atomic mass is 10.1. The van der Waals surface area contributed by atoms with E-state index in [1.807, 2.05) is 37.4 Å². The molecule has 9 heteroatoms. The van der Waals surface area contributed by atoms with Crippen molar-refractivity contribution in [3.8, 4) is 10.7 Å². The van der Waals surface area contributed by atoms with Crippen LogP contribution in [0.5, 0.6) is 0 Å². The van der Waals surface area contributed by atoms with Crippen LogP contribution in [-0.4, -0.2) is 58.9 Å². The summed E-state index contributed by atoms with van der Waals surface area (Å²) in [5.74, 6) is 1.36. The fourth-order valence-electron chi connectivity index (χ4n) is 3.15. The quantitative estimate of drug-likeness (QED) is 0.642. The summed E-state index contributed by atoms with van der Waals surface area (Å²) in [5.41, 5.74) is 1.69. The number of thiazole rings is 1. The van der Waals surface area contributed by atoms with Crippen molar-refractivity contribution in [2.45, 2.75) is 6.04 Å². The predicted molar refractivity (Wildman–Crippen MR) is 113 cm³/mol. The van der Waals surface area contributed by atoms with Crippen molar-refractivity contribution >= 4 is 46.5 Å². The molecule has 1 N–H and O–H groups in total. The Labute approximate surface area is 172 Å². The normalized spacial score (nSPS) is 17.5. The molecular formula is C19H19ClN6OS. The Hall–Kier alpha value is -2.55. The summed E-state index contributed by atoms with van der Waals surface area (Å²) in [6, 6.07) is 9.39. The standard InChI is InChI=1S/C19H19ClN6OS/c1-25-7-8-26(14(11-25)12-27)13-5-6-17(21-9-13)24-18-4-2-3-15(23-18)19-22-10-16(20)28-19/h2-6,9-10,12,14H,7-8,11H2,1H3,(H,21,23,24). The van der Waals surface area contributed by atoms with Gasteiger partial charge in [-0.05, 0) is 31.3 Å². The molecule has 0 aliphatic carbocycles. The lowest BCUT2D eigenvalue weighted by Crippen LogP contribution is -2.52. The zero-order valence-corrected chi connectivity index (χ0v) is 16.8. The second kappa shape index (κ2) is 8.22. The monoisotopic (exact) mass is 414 g/mol. The van der Waals surface area contributed by atoms with Gasteiger partial charge >= 0.3 is 0 Å². The fourth-order valence-corrected chi connectivity index (χ4v) is 4.03. The number of aldehydes is 1. The first-order valence-electron chi connectivity index (χ1n) is 8.85. The molecule has 1 atom stereocenters. The Morgan fingerprint density at radius 2 is 2.07 bits per heavy atom. The lowest BCUT2D eigenvalue weighted by Gasteiger charge is -2.38. The molecule has 7 nitrogen and oxygen atoms in total. The molecule has 0 saturated carbocycles. The first-order chi connectivity index (χ1) is 13.6. The van der Waals surface area contributed by atoms with E-state index in [-0.39, 0.29) is 6.04 Å². The molecule has 0 spiro atoms. The molecule has 0 amide bonds. The molecule has 1 fully saturated rings. The van der Waals surface area contributed by atoms with E-state index in [1.165, 1.54) is 11.3 Å². The second-order valence-electron chi connectivity index (χ2n) is 6.56. The van der Waals surface area contributed by atoms with Crippen LogP contribution in [-0.2, 0) is 4.79 Å². The molecule has 0 bridgehead atoms. The summed E-state index contributed by atoms with van der Waals surface area (Å²) < 4.78 is 0.630. The summed E-state index contributed by atoms with van der Waals surface area (Å²) in [7, 11) is 2.03. The van der Waals surface area contributed by atoms with Crippen LogP contribution in [0.4, 0.5) is 17.3 Å². The first kappa shape index (κ1) is 18.8. The van der Waals surface area contributed by atoms with Gasteiger partial charge in [0.15, 0.2) is 0 Å². The van der Waals surface area contributed by atoms with E-state index in [9.17, 15) is 4.79 Å². The number of carbonyl (C=O) groups is 1. The molecular weight excluding hydrogens is 396 g/mol. The summed E-state index contributed by atoms with van der Waals surface area (Å²) >= 11 is 7.35. The van der Waals surface area contributed by atoms with Gasteiger partial charge in [0, 0.05) is 19.6 Å². The third-order valence-electron chi connectivity index (χ3n) is 4.56.